The Labute approximate surface area is 207 Å². The Morgan fingerprint density at radius 3 is 2.52 bits per heavy atom. The first-order valence-corrected chi connectivity index (χ1v) is 11.1. The lowest BCUT2D eigenvalue weighted by Gasteiger charge is -2.51. The number of nitrogens with zero attached hydrogens (tertiary/aromatic N) is 5. The molecule has 1 atom stereocenters. The maximum Gasteiger partial charge on any atom is 0.280 e. The summed E-state index contributed by atoms with van der Waals surface area (Å²) >= 11 is 5.84. The molecule has 182 valence electrons. The molecule has 4 aliphatic heterocycles. The summed E-state index contributed by atoms with van der Waals surface area (Å²) in [4.78, 5) is 39.5. The average Bonchev–Trinajstić information content (AvgIpc) is 2.77. The molecule has 4 saturated heterocycles. The summed E-state index contributed by atoms with van der Waals surface area (Å²) in [5.74, 6) is -0.362. The number of hydrogen-bond donors (Lipinski definition) is 4. The molecule has 4 aliphatic rings. The number of anilines is 2. The summed E-state index contributed by atoms with van der Waals surface area (Å²) in [6.45, 7) is 5.54. The van der Waals surface area contributed by atoms with Gasteiger partial charge in [-0.2, -0.15) is 0 Å². The Morgan fingerprint density at radius 1 is 1.18 bits per heavy atom. The highest BCUT2D eigenvalue weighted by atomic mass is 79.9. The third-order valence-electron chi connectivity index (χ3n) is 6.57. The molecule has 0 spiro atoms. The summed E-state index contributed by atoms with van der Waals surface area (Å²) in [5.41, 5.74) is 17.1. The van der Waals surface area contributed by atoms with E-state index in [2.05, 4.69) is 20.3 Å². The fourth-order valence-corrected chi connectivity index (χ4v) is 4.94. The number of aromatic nitrogens is 2. The van der Waals surface area contributed by atoms with Gasteiger partial charge in [-0.1, -0.05) is 11.6 Å². The molecule has 4 fully saturated rings. The highest BCUT2D eigenvalue weighted by molar-refractivity contribution is 6.31. The molecular weight excluding hydrogens is 518 g/mol. The van der Waals surface area contributed by atoms with Crippen molar-refractivity contribution in [1.82, 2.24) is 20.2 Å². The van der Waals surface area contributed by atoms with Crippen LogP contribution in [0.3, 0.4) is 0 Å². The lowest BCUT2D eigenvalue weighted by molar-refractivity contribution is -0.936. The van der Waals surface area contributed by atoms with Crippen molar-refractivity contribution in [2.45, 2.75) is 18.9 Å². The fraction of sp³-hybridized carbons (Fsp3) is 0.632. The number of nitrogens with two attached hydrogens (primary N) is 3. The normalized spacial score (nSPS) is 27.1. The standard InChI is InChI=1S/C19H28ClN9O3.BrH/c20-15-17(22)26-16(21)14(25-15)18(31)27-19(23)24-12-9-29(5-1-11(12)2-6-29)10-13(30)28-3-7-32-8-4-28;/h11-12H,1-10H2,(H6-,21,22,23,24,26,27,31);1H/t11?,12-,29?;/m1./s1. The molecule has 7 N–H and O–H groups in total. The summed E-state index contributed by atoms with van der Waals surface area (Å²) in [6, 6.07) is -0.0753. The third-order valence-corrected chi connectivity index (χ3v) is 6.85. The van der Waals surface area contributed by atoms with Crippen LogP contribution in [-0.2, 0) is 9.53 Å². The number of guanidine groups is 1. The van der Waals surface area contributed by atoms with E-state index in [9.17, 15) is 9.59 Å². The van der Waals surface area contributed by atoms with Gasteiger partial charge in [-0.3, -0.25) is 14.9 Å². The van der Waals surface area contributed by atoms with Crippen molar-refractivity contribution < 1.29 is 35.8 Å². The number of piperidine rings is 3. The first-order valence-electron chi connectivity index (χ1n) is 10.7. The SMILES string of the molecule is NC(=N[C@@H]1C[N+]2(CC(=O)N3CCOCC3)CCC1CC2)NC(=O)c1nc(Cl)c(N)nc1N.[Br-]. The summed E-state index contributed by atoms with van der Waals surface area (Å²) in [5, 5.41) is 2.39. The number of morpholine rings is 1. The lowest BCUT2D eigenvalue weighted by Crippen LogP contribution is -3.00. The van der Waals surface area contributed by atoms with Gasteiger partial charge in [0.15, 0.2) is 35.0 Å². The first kappa shape index (κ1) is 25.4. The van der Waals surface area contributed by atoms with Crippen LogP contribution in [0.5, 0.6) is 0 Å². The van der Waals surface area contributed by atoms with Crippen molar-refractivity contribution in [3.05, 3.63) is 10.8 Å². The number of fused-ring (bicyclic) bond motifs is 3. The molecule has 33 heavy (non-hydrogen) atoms. The molecule has 0 aromatic carbocycles. The van der Waals surface area contributed by atoms with E-state index in [1.807, 2.05) is 4.90 Å². The van der Waals surface area contributed by atoms with E-state index in [1.54, 1.807) is 0 Å². The summed E-state index contributed by atoms with van der Waals surface area (Å²) < 4.78 is 6.05. The van der Waals surface area contributed by atoms with Crippen molar-refractivity contribution in [1.29, 1.82) is 0 Å². The number of hydrogen-bond acceptors (Lipinski definition) is 8. The number of nitrogen functional groups attached to an aromatic ring is 2. The number of carbonyl (C=O) groups is 2. The monoisotopic (exact) mass is 545 g/mol. The Balaban J connectivity index is 0.00000306. The molecule has 1 aromatic rings. The molecule has 5 rings (SSSR count). The number of aliphatic imine (C=N–C) groups is 1. The summed E-state index contributed by atoms with van der Waals surface area (Å²) in [7, 11) is 0. The van der Waals surface area contributed by atoms with Crippen LogP contribution in [-0.4, -0.2) is 95.6 Å². The van der Waals surface area contributed by atoms with Crippen LogP contribution in [0.1, 0.15) is 23.3 Å². The number of nitrogens with one attached hydrogen (secondary N) is 1. The van der Waals surface area contributed by atoms with Crippen LogP contribution in [0, 0.1) is 5.92 Å². The maximum absolute atomic E-state index is 12.9. The topological polar surface area (TPSA) is 175 Å². The van der Waals surface area contributed by atoms with Crippen LogP contribution < -0.4 is 39.5 Å². The largest absolute Gasteiger partial charge is 1.00 e. The van der Waals surface area contributed by atoms with Gasteiger partial charge in [0.1, 0.15) is 12.6 Å². The van der Waals surface area contributed by atoms with E-state index in [-0.39, 0.29) is 57.4 Å². The van der Waals surface area contributed by atoms with Gasteiger partial charge in [0.05, 0.1) is 26.3 Å². The van der Waals surface area contributed by atoms with E-state index in [1.165, 1.54) is 0 Å². The third kappa shape index (κ3) is 5.65. The number of halogens is 2. The zero-order valence-electron chi connectivity index (χ0n) is 18.2. The Morgan fingerprint density at radius 2 is 1.85 bits per heavy atom. The van der Waals surface area contributed by atoms with E-state index >= 15 is 0 Å². The second-order valence-corrected chi connectivity index (χ2v) is 8.99. The summed E-state index contributed by atoms with van der Waals surface area (Å²) in [6.07, 6.45) is 1.94. The average molecular weight is 547 g/mol. The van der Waals surface area contributed by atoms with Crippen LogP contribution in [0.25, 0.3) is 0 Å². The smallest absolute Gasteiger partial charge is 0.280 e. The van der Waals surface area contributed by atoms with Gasteiger partial charge in [0.2, 0.25) is 0 Å². The molecule has 5 heterocycles. The van der Waals surface area contributed by atoms with Gasteiger partial charge < -0.3 is 48.3 Å². The minimum Gasteiger partial charge on any atom is -1.00 e. The van der Waals surface area contributed by atoms with Gasteiger partial charge in [-0.05, 0) is 5.92 Å². The molecule has 0 unspecified atom stereocenters. The van der Waals surface area contributed by atoms with E-state index < -0.39 is 5.91 Å². The number of amides is 2. The Hall–Kier alpha value is -2.22. The van der Waals surface area contributed by atoms with E-state index in [0.29, 0.717) is 49.8 Å². The van der Waals surface area contributed by atoms with Crippen molar-refractivity contribution in [2.24, 2.45) is 16.6 Å². The number of ether oxygens (including phenoxy) is 1. The maximum atomic E-state index is 12.9. The van der Waals surface area contributed by atoms with Crippen LogP contribution in [0.4, 0.5) is 11.6 Å². The van der Waals surface area contributed by atoms with E-state index in [0.717, 1.165) is 25.9 Å². The molecule has 14 heteroatoms. The molecule has 12 nitrogen and oxygen atoms in total. The van der Waals surface area contributed by atoms with Gasteiger partial charge in [0.25, 0.3) is 11.8 Å². The van der Waals surface area contributed by atoms with Crippen LogP contribution in [0.2, 0.25) is 5.15 Å². The van der Waals surface area contributed by atoms with E-state index in [4.69, 9.17) is 33.5 Å². The molecular formula is C19H29BrClN9O3. The fourth-order valence-electron chi connectivity index (χ4n) is 4.81. The van der Waals surface area contributed by atoms with Crippen molar-refractivity contribution in [2.75, 3.05) is 63.9 Å². The zero-order valence-corrected chi connectivity index (χ0v) is 20.5. The molecule has 0 radical (unpaired) electrons. The number of quaternary nitrogens is 1. The first-order chi connectivity index (χ1) is 15.3. The van der Waals surface area contributed by atoms with Crippen LogP contribution in [0.15, 0.2) is 4.99 Å². The minimum atomic E-state index is -0.661. The van der Waals surface area contributed by atoms with Crippen molar-refractivity contribution in [3.63, 3.8) is 0 Å². The highest BCUT2D eigenvalue weighted by Gasteiger charge is 2.47. The van der Waals surface area contributed by atoms with Gasteiger partial charge in [-0.25, -0.2) is 15.0 Å². The second kappa shape index (κ2) is 10.4. The lowest BCUT2D eigenvalue weighted by atomic mass is 9.82. The van der Waals surface area contributed by atoms with Gasteiger partial charge in [-0.15, -0.1) is 0 Å². The molecule has 2 bridgehead atoms. The Kier molecular flexibility index (Phi) is 7.98. The predicted octanol–water partition coefficient (Wildman–Crippen LogP) is -4.19. The molecule has 2 amide bonds. The predicted molar refractivity (Wildman–Crippen MR) is 119 cm³/mol. The van der Waals surface area contributed by atoms with Crippen molar-refractivity contribution in [3.8, 4) is 0 Å². The minimum absolute atomic E-state index is 0. The van der Waals surface area contributed by atoms with Gasteiger partial charge >= 0.3 is 0 Å². The second-order valence-electron chi connectivity index (χ2n) is 8.63. The van der Waals surface area contributed by atoms with Crippen LogP contribution >= 0.6 is 11.6 Å². The quantitative estimate of drug-likeness (QED) is 0.167. The number of rotatable bonds is 4. The zero-order chi connectivity index (χ0) is 22.9. The molecule has 0 aliphatic carbocycles. The van der Waals surface area contributed by atoms with Crippen molar-refractivity contribution >= 4 is 41.0 Å². The highest BCUT2D eigenvalue weighted by Crippen LogP contribution is 2.35. The van der Waals surface area contributed by atoms with Gasteiger partial charge in [0, 0.05) is 25.9 Å². The molecule has 1 aromatic heterocycles. The molecule has 0 saturated carbocycles. The number of carbonyl (C=O) groups excluding carboxylic acids is 2. The Bertz CT molecular complexity index is 933.